The molecule has 0 aromatic heterocycles. The van der Waals surface area contributed by atoms with Gasteiger partial charge in [0.15, 0.2) is 0 Å². The molecular formula is C20H26N2O6. The molecule has 2 heterocycles. The lowest BCUT2D eigenvalue weighted by Gasteiger charge is -2.34. The van der Waals surface area contributed by atoms with Gasteiger partial charge in [0.2, 0.25) is 5.91 Å². The Balaban J connectivity index is 1.81. The fourth-order valence-corrected chi connectivity index (χ4v) is 3.87. The lowest BCUT2D eigenvalue weighted by atomic mass is 9.96. The van der Waals surface area contributed by atoms with E-state index in [-0.39, 0.29) is 30.1 Å². The Bertz CT molecular complexity index is 765. The van der Waals surface area contributed by atoms with E-state index >= 15 is 0 Å². The summed E-state index contributed by atoms with van der Waals surface area (Å²) < 4.78 is 15.7. The van der Waals surface area contributed by atoms with E-state index in [9.17, 15) is 14.4 Å². The molecule has 8 heteroatoms. The number of methoxy groups -OCH3 is 2. The fraction of sp³-hybridized carbons (Fsp3) is 0.550. The van der Waals surface area contributed by atoms with Gasteiger partial charge in [-0.3, -0.25) is 19.3 Å². The number of hydrogen-bond acceptors (Lipinski definition) is 7. The molecule has 2 fully saturated rings. The van der Waals surface area contributed by atoms with E-state index in [0.29, 0.717) is 36.9 Å². The predicted octanol–water partition coefficient (Wildman–Crippen LogP) is 1.61. The molecule has 28 heavy (non-hydrogen) atoms. The molecule has 0 N–H and O–H groups in total. The largest absolute Gasteiger partial charge is 0.497 e. The van der Waals surface area contributed by atoms with E-state index in [4.69, 9.17) is 14.2 Å². The number of carbonyl (C=O) groups is 3. The Labute approximate surface area is 164 Å². The zero-order valence-electron chi connectivity index (χ0n) is 16.5. The number of piperidine rings is 1. The maximum atomic E-state index is 13.1. The third-order valence-corrected chi connectivity index (χ3v) is 5.26. The van der Waals surface area contributed by atoms with Gasteiger partial charge in [0.05, 0.1) is 44.9 Å². The number of rotatable bonds is 6. The first-order valence-corrected chi connectivity index (χ1v) is 9.49. The summed E-state index contributed by atoms with van der Waals surface area (Å²) in [7, 11) is 3.01. The summed E-state index contributed by atoms with van der Waals surface area (Å²) in [4.78, 5) is 41.0. The second-order valence-electron chi connectivity index (χ2n) is 6.91. The lowest BCUT2D eigenvalue weighted by molar-refractivity contribution is -0.150. The second kappa shape index (κ2) is 8.60. The van der Waals surface area contributed by atoms with Gasteiger partial charge in [-0.1, -0.05) is 0 Å². The summed E-state index contributed by atoms with van der Waals surface area (Å²) in [6.07, 6.45) is 1.59. The number of ether oxygens (including phenoxy) is 3. The number of likely N-dealkylation sites (tertiary alicyclic amines) is 1. The number of hydrogen-bond donors (Lipinski definition) is 0. The van der Waals surface area contributed by atoms with Crippen LogP contribution in [-0.4, -0.2) is 62.6 Å². The predicted molar refractivity (Wildman–Crippen MR) is 101 cm³/mol. The maximum Gasteiger partial charge on any atom is 0.310 e. The zero-order valence-corrected chi connectivity index (χ0v) is 16.5. The van der Waals surface area contributed by atoms with Gasteiger partial charge < -0.3 is 14.2 Å². The minimum atomic E-state index is -0.583. The van der Waals surface area contributed by atoms with Gasteiger partial charge in [-0.15, -0.1) is 0 Å². The van der Waals surface area contributed by atoms with Gasteiger partial charge in [-0.25, -0.2) is 4.90 Å². The van der Waals surface area contributed by atoms with Crippen molar-refractivity contribution >= 4 is 23.5 Å². The highest BCUT2D eigenvalue weighted by atomic mass is 16.5. The van der Waals surface area contributed by atoms with E-state index in [0.717, 1.165) is 12.8 Å². The SMILES string of the molecule is CCOC(=O)[C@H]1CCCN([C@H]2CC(=O)N(c3cc(OC)ccc3OC)C2=O)C1. The topological polar surface area (TPSA) is 85.4 Å². The fourth-order valence-electron chi connectivity index (χ4n) is 3.87. The molecule has 152 valence electrons. The number of nitrogens with zero attached hydrogens (tertiary/aromatic N) is 2. The number of imide groups is 1. The summed E-state index contributed by atoms with van der Waals surface area (Å²) in [6.45, 7) is 3.20. The Morgan fingerprint density at radius 2 is 2.00 bits per heavy atom. The molecule has 0 saturated carbocycles. The highest BCUT2D eigenvalue weighted by molar-refractivity contribution is 6.23. The van der Waals surface area contributed by atoms with Gasteiger partial charge >= 0.3 is 5.97 Å². The van der Waals surface area contributed by atoms with Gasteiger partial charge in [0.25, 0.3) is 5.91 Å². The standard InChI is InChI=1S/C20H26N2O6/c1-4-28-20(25)13-6-5-9-21(12-13)16-11-18(23)22(19(16)24)15-10-14(26-2)7-8-17(15)27-3/h7-8,10,13,16H,4-6,9,11-12H2,1-3H3/t13-,16-/m0/s1. The third kappa shape index (κ3) is 3.82. The molecule has 0 unspecified atom stereocenters. The first kappa shape index (κ1) is 20.1. The molecule has 2 aliphatic rings. The van der Waals surface area contributed by atoms with E-state index in [1.54, 1.807) is 25.1 Å². The van der Waals surface area contributed by atoms with Gasteiger partial charge in [0.1, 0.15) is 11.5 Å². The van der Waals surface area contributed by atoms with Crippen LogP contribution in [0.1, 0.15) is 26.2 Å². The van der Waals surface area contributed by atoms with Gasteiger partial charge in [-0.2, -0.15) is 0 Å². The summed E-state index contributed by atoms with van der Waals surface area (Å²) in [5, 5.41) is 0. The van der Waals surface area contributed by atoms with Gasteiger partial charge in [-0.05, 0) is 38.4 Å². The van der Waals surface area contributed by atoms with Crippen molar-refractivity contribution in [2.24, 2.45) is 5.92 Å². The molecule has 1 aromatic rings. The molecule has 2 aliphatic heterocycles. The molecular weight excluding hydrogens is 364 g/mol. The van der Waals surface area contributed by atoms with Crippen molar-refractivity contribution in [1.29, 1.82) is 0 Å². The van der Waals surface area contributed by atoms with Crippen molar-refractivity contribution in [3.05, 3.63) is 18.2 Å². The molecule has 0 bridgehead atoms. The quantitative estimate of drug-likeness (QED) is 0.539. The zero-order chi connectivity index (χ0) is 20.3. The van der Waals surface area contributed by atoms with Crippen molar-refractivity contribution in [1.82, 2.24) is 4.90 Å². The van der Waals surface area contributed by atoms with Crippen LogP contribution < -0.4 is 14.4 Å². The molecule has 2 amide bonds. The number of benzene rings is 1. The van der Waals surface area contributed by atoms with Crippen LogP contribution in [0.25, 0.3) is 0 Å². The van der Waals surface area contributed by atoms with Crippen LogP contribution in [-0.2, 0) is 19.1 Å². The number of esters is 1. The lowest BCUT2D eigenvalue weighted by Crippen LogP contribution is -2.48. The third-order valence-electron chi connectivity index (χ3n) is 5.26. The van der Waals surface area contributed by atoms with E-state index in [2.05, 4.69) is 0 Å². The highest BCUT2D eigenvalue weighted by Gasteiger charge is 2.45. The average Bonchev–Trinajstić information content (AvgIpc) is 3.01. The summed E-state index contributed by atoms with van der Waals surface area (Å²) in [6, 6.07) is 4.41. The van der Waals surface area contributed by atoms with Crippen LogP contribution in [0, 0.1) is 5.92 Å². The summed E-state index contributed by atoms with van der Waals surface area (Å²) >= 11 is 0. The first-order valence-electron chi connectivity index (χ1n) is 9.49. The minimum Gasteiger partial charge on any atom is -0.497 e. The van der Waals surface area contributed by atoms with Crippen LogP contribution in [0.3, 0.4) is 0 Å². The molecule has 0 spiro atoms. The van der Waals surface area contributed by atoms with Crippen LogP contribution in [0.2, 0.25) is 0 Å². The van der Waals surface area contributed by atoms with E-state index in [1.165, 1.54) is 19.1 Å². The number of carbonyl (C=O) groups excluding carboxylic acids is 3. The van der Waals surface area contributed by atoms with Crippen LogP contribution in [0.15, 0.2) is 18.2 Å². The first-order chi connectivity index (χ1) is 13.5. The van der Waals surface area contributed by atoms with Gasteiger partial charge in [0, 0.05) is 12.6 Å². The van der Waals surface area contributed by atoms with Crippen molar-refractivity contribution < 1.29 is 28.6 Å². The summed E-state index contributed by atoms with van der Waals surface area (Å²) in [5.41, 5.74) is 0.373. The van der Waals surface area contributed by atoms with E-state index in [1.807, 2.05) is 4.90 Å². The molecule has 2 saturated heterocycles. The van der Waals surface area contributed by atoms with Crippen molar-refractivity contribution in [3.63, 3.8) is 0 Å². The molecule has 3 rings (SSSR count). The smallest absolute Gasteiger partial charge is 0.310 e. The molecule has 2 atom stereocenters. The van der Waals surface area contributed by atoms with Crippen LogP contribution in [0.5, 0.6) is 11.5 Å². The van der Waals surface area contributed by atoms with Crippen molar-refractivity contribution in [3.8, 4) is 11.5 Å². The number of amides is 2. The Kier molecular flexibility index (Phi) is 6.18. The Hall–Kier alpha value is -2.61. The number of anilines is 1. The normalized spacial score (nSPS) is 23.0. The maximum absolute atomic E-state index is 13.1. The average molecular weight is 390 g/mol. The second-order valence-corrected chi connectivity index (χ2v) is 6.91. The molecule has 0 aliphatic carbocycles. The van der Waals surface area contributed by atoms with Crippen LogP contribution in [0.4, 0.5) is 5.69 Å². The Morgan fingerprint density at radius 1 is 1.21 bits per heavy atom. The highest BCUT2D eigenvalue weighted by Crippen LogP contribution is 2.36. The van der Waals surface area contributed by atoms with Crippen molar-refractivity contribution in [2.45, 2.75) is 32.2 Å². The van der Waals surface area contributed by atoms with E-state index < -0.39 is 6.04 Å². The molecule has 0 radical (unpaired) electrons. The van der Waals surface area contributed by atoms with Crippen LogP contribution >= 0.6 is 0 Å². The van der Waals surface area contributed by atoms with Crippen molar-refractivity contribution in [2.75, 3.05) is 38.8 Å². The monoisotopic (exact) mass is 390 g/mol. The Morgan fingerprint density at radius 3 is 2.68 bits per heavy atom. The minimum absolute atomic E-state index is 0.0781. The molecule has 1 aromatic carbocycles. The summed E-state index contributed by atoms with van der Waals surface area (Å²) in [5.74, 6) is -0.153. The molecule has 8 nitrogen and oxygen atoms in total.